The molecule has 2 amide bonds. The zero-order valence-electron chi connectivity index (χ0n) is 18.5. The van der Waals surface area contributed by atoms with Crippen molar-refractivity contribution in [2.75, 3.05) is 5.32 Å². The van der Waals surface area contributed by atoms with Gasteiger partial charge in [0.15, 0.2) is 0 Å². The summed E-state index contributed by atoms with van der Waals surface area (Å²) in [6.45, 7) is 1.94. The van der Waals surface area contributed by atoms with E-state index in [1.165, 1.54) is 12.4 Å². The first-order valence-electron chi connectivity index (χ1n) is 10.6. The third-order valence-corrected chi connectivity index (χ3v) is 6.50. The molecule has 1 aromatic heterocycles. The number of amides is 2. The molecule has 0 radical (unpaired) electrons. The molecule has 0 atom stereocenters. The van der Waals surface area contributed by atoms with E-state index in [0.29, 0.717) is 5.69 Å². The number of urea groups is 1. The highest BCUT2D eigenvalue weighted by atomic mass is 32.2. The van der Waals surface area contributed by atoms with E-state index in [0.717, 1.165) is 22.4 Å². The Bertz CT molecular complexity index is 1340. The summed E-state index contributed by atoms with van der Waals surface area (Å²) < 4.78 is 28.4. The van der Waals surface area contributed by atoms with E-state index in [2.05, 4.69) is 20.3 Å². The van der Waals surface area contributed by atoms with Gasteiger partial charge in [-0.25, -0.2) is 17.9 Å². The molecule has 0 aliphatic heterocycles. The second-order valence-corrected chi connectivity index (χ2v) is 9.35. The fourth-order valence-electron chi connectivity index (χ4n) is 3.56. The summed E-state index contributed by atoms with van der Waals surface area (Å²) in [5.41, 5.74) is 3.70. The normalized spacial score (nSPS) is 11.1. The number of nitrogens with zero attached hydrogens (tertiary/aromatic N) is 1. The molecule has 4 aromatic rings. The number of nitrogens with one attached hydrogen (secondary N) is 3. The van der Waals surface area contributed by atoms with Crippen LogP contribution in [0.1, 0.15) is 22.7 Å². The molecule has 0 spiro atoms. The minimum atomic E-state index is -4.22. The van der Waals surface area contributed by atoms with E-state index in [-0.39, 0.29) is 4.90 Å². The number of sulfonamides is 1. The molecular weight excluding hydrogens is 448 g/mol. The van der Waals surface area contributed by atoms with Crippen molar-refractivity contribution in [2.45, 2.75) is 17.9 Å². The molecule has 3 aromatic carbocycles. The summed E-state index contributed by atoms with van der Waals surface area (Å²) in [6.07, 6.45) is 2.69. The minimum absolute atomic E-state index is 0.136. The lowest BCUT2D eigenvalue weighted by Gasteiger charge is -2.20. The third kappa shape index (κ3) is 5.60. The van der Waals surface area contributed by atoms with Crippen LogP contribution in [0.4, 0.5) is 16.2 Å². The molecule has 8 heteroatoms. The van der Waals surface area contributed by atoms with E-state index in [1.54, 1.807) is 6.07 Å². The van der Waals surface area contributed by atoms with Crippen LogP contribution in [0, 0.1) is 6.92 Å². The Morgan fingerprint density at radius 1 is 0.853 bits per heavy atom. The second-order valence-electron chi connectivity index (χ2n) is 7.70. The van der Waals surface area contributed by atoms with Gasteiger partial charge >= 0.3 is 6.03 Å². The summed E-state index contributed by atoms with van der Waals surface area (Å²) in [4.78, 5) is 16.7. The number of carbonyl (C=O) groups is 1. The minimum Gasteiger partial charge on any atom is -0.354 e. The summed E-state index contributed by atoms with van der Waals surface area (Å²) in [7, 11) is -4.22. The van der Waals surface area contributed by atoms with Crippen LogP contribution in [-0.2, 0) is 10.0 Å². The summed E-state index contributed by atoms with van der Waals surface area (Å²) in [6, 6.07) is 26.4. The number of hydrogen-bond donors (Lipinski definition) is 3. The van der Waals surface area contributed by atoms with Crippen molar-refractivity contribution in [2.24, 2.45) is 0 Å². The molecular formula is C26H24N4O3S. The first kappa shape index (κ1) is 23.0. The Morgan fingerprint density at radius 2 is 1.50 bits per heavy atom. The van der Waals surface area contributed by atoms with Gasteiger partial charge < -0.3 is 10.6 Å². The van der Waals surface area contributed by atoms with Crippen molar-refractivity contribution in [1.82, 2.24) is 15.0 Å². The number of pyridine rings is 1. The average molecular weight is 473 g/mol. The van der Waals surface area contributed by atoms with Gasteiger partial charge in [-0.3, -0.25) is 4.98 Å². The Balaban J connectivity index is 1.57. The monoisotopic (exact) mass is 472 g/mol. The van der Waals surface area contributed by atoms with Crippen LogP contribution in [0.2, 0.25) is 0 Å². The van der Waals surface area contributed by atoms with Crippen LogP contribution in [-0.4, -0.2) is 19.4 Å². The molecule has 0 aliphatic rings. The molecule has 34 heavy (non-hydrogen) atoms. The summed E-state index contributed by atoms with van der Waals surface area (Å²) in [5, 5.41) is 5.88. The van der Waals surface area contributed by atoms with E-state index >= 15 is 0 Å². The largest absolute Gasteiger partial charge is 0.354 e. The lowest BCUT2D eigenvalue weighted by atomic mass is 9.99. The standard InChI is InChI=1S/C26H24N4O3S/c1-19-9-8-14-22(17-19)28-23-15-16-27-18-24(23)34(32,33)30-26(31)29-25(20-10-4-2-5-11-20)21-12-6-3-7-13-21/h2-18,25H,1H3,(H,27,28)(H2,29,30,31). The highest BCUT2D eigenvalue weighted by Crippen LogP contribution is 2.25. The predicted molar refractivity (Wildman–Crippen MR) is 132 cm³/mol. The van der Waals surface area contributed by atoms with Crippen molar-refractivity contribution >= 4 is 27.4 Å². The quantitative estimate of drug-likeness (QED) is 0.355. The highest BCUT2D eigenvalue weighted by molar-refractivity contribution is 7.90. The van der Waals surface area contributed by atoms with Crippen molar-refractivity contribution < 1.29 is 13.2 Å². The molecule has 4 rings (SSSR count). The van der Waals surface area contributed by atoms with Crippen LogP contribution in [0.25, 0.3) is 0 Å². The van der Waals surface area contributed by atoms with Gasteiger partial charge in [-0.05, 0) is 41.8 Å². The molecule has 7 nitrogen and oxygen atoms in total. The number of aromatic nitrogens is 1. The molecule has 0 bridgehead atoms. The molecule has 0 aliphatic carbocycles. The van der Waals surface area contributed by atoms with E-state index in [9.17, 15) is 13.2 Å². The van der Waals surface area contributed by atoms with Crippen LogP contribution in [0.5, 0.6) is 0 Å². The van der Waals surface area contributed by atoms with Crippen molar-refractivity contribution in [3.63, 3.8) is 0 Å². The van der Waals surface area contributed by atoms with E-state index in [1.807, 2.05) is 91.9 Å². The topological polar surface area (TPSA) is 100 Å². The van der Waals surface area contributed by atoms with Gasteiger partial charge in [-0.15, -0.1) is 0 Å². The lowest BCUT2D eigenvalue weighted by molar-refractivity contribution is 0.243. The molecule has 0 fully saturated rings. The molecule has 0 saturated heterocycles. The number of benzene rings is 3. The molecule has 0 saturated carbocycles. The Hall–Kier alpha value is -4.17. The van der Waals surface area contributed by atoms with Crippen LogP contribution in [0.15, 0.2) is 108 Å². The third-order valence-electron chi connectivity index (χ3n) is 5.14. The number of carbonyl (C=O) groups excluding carboxylic acids is 1. The Kier molecular flexibility index (Phi) is 6.89. The maximum absolute atomic E-state index is 13.1. The number of anilines is 2. The summed E-state index contributed by atoms with van der Waals surface area (Å²) in [5.74, 6) is 0. The molecule has 172 valence electrons. The van der Waals surface area contributed by atoms with Gasteiger partial charge in [-0.1, -0.05) is 72.8 Å². The fourth-order valence-corrected chi connectivity index (χ4v) is 4.58. The van der Waals surface area contributed by atoms with Crippen LogP contribution < -0.4 is 15.4 Å². The zero-order valence-corrected chi connectivity index (χ0v) is 19.3. The van der Waals surface area contributed by atoms with Gasteiger partial charge in [0.25, 0.3) is 10.0 Å². The zero-order chi connectivity index (χ0) is 24.0. The Labute approximate surface area is 198 Å². The molecule has 1 heterocycles. The number of aryl methyl sites for hydroxylation is 1. The van der Waals surface area contributed by atoms with Crippen LogP contribution >= 0.6 is 0 Å². The van der Waals surface area contributed by atoms with Crippen molar-refractivity contribution in [1.29, 1.82) is 0 Å². The first-order chi connectivity index (χ1) is 16.4. The van der Waals surface area contributed by atoms with Crippen molar-refractivity contribution in [3.8, 4) is 0 Å². The maximum atomic E-state index is 13.1. The lowest BCUT2D eigenvalue weighted by Crippen LogP contribution is -2.41. The smallest absolute Gasteiger partial charge is 0.329 e. The van der Waals surface area contributed by atoms with Gasteiger partial charge in [0.1, 0.15) is 4.90 Å². The number of hydrogen-bond acceptors (Lipinski definition) is 5. The molecule has 0 unspecified atom stereocenters. The molecule has 3 N–H and O–H groups in total. The first-order valence-corrected chi connectivity index (χ1v) is 12.1. The maximum Gasteiger partial charge on any atom is 0.329 e. The van der Waals surface area contributed by atoms with Gasteiger partial charge in [0, 0.05) is 18.1 Å². The van der Waals surface area contributed by atoms with E-state index in [4.69, 9.17) is 0 Å². The average Bonchev–Trinajstić information content (AvgIpc) is 2.84. The van der Waals surface area contributed by atoms with E-state index < -0.39 is 22.1 Å². The second kappa shape index (κ2) is 10.2. The highest BCUT2D eigenvalue weighted by Gasteiger charge is 2.24. The van der Waals surface area contributed by atoms with Gasteiger partial charge in [0.2, 0.25) is 0 Å². The van der Waals surface area contributed by atoms with Crippen molar-refractivity contribution in [3.05, 3.63) is 120 Å². The SMILES string of the molecule is Cc1cccc(Nc2ccncc2S(=O)(=O)NC(=O)NC(c2ccccc2)c2ccccc2)c1. The predicted octanol–water partition coefficient (Wildman–Crippen LogP) is 4.91. The fraction of sp³-hybridized carbons (Fsp3) is 0.0769. The summed E-state index contributed by atoms with van der Waals surface area (Å²) >= 11 is 0. The van der Waals surface area contributed by atoms with Crippen LogP contribution in [0.3, 0.4) is 0 Å². The Morgan fingerprint density at radius 3 is 2.12 bits per heavy atom. The van der Waals surface area contributed by atoms with Gasteiger partial charge in [0.05, 0.1) is 11.7 Å². The number of rotatable bonds is 7. The van der Waals surface area contributed by atoms with Gasteiger partial charge in [-0.2, -0.15) is 0 Å².